The molecule has 0 N–H and O–H groups in total. The maximum atomic E-state index is 5.50. The van der Waals surface area contributed by atoms with Crippen LogP contribution in [0.25, 0.3) is 0 Å². The summed E-state index contributed by atoms with van der Waals surface area (Å²) in [6, 6.07) is 0. The van der Waals surface area contributed by atoms with Gasteiger partial charge in [0.2, 0.25) is 5.89 Å². The number of rotatable bonds is 1. The fourth-order valence-corrected chi connectivity index (χ4v) is 1.48. The maximum absolute atomic E-state index is 5.50. The Hall–Kier alpha value is -0.610. The normalized spacial score (nSPS) is 29.5. The Labute approximate surface area is 74.9 Å². The molecule has 0 amide bonds. The number of ether oxygens (including phenoxy) is 1. The van der Waals surface area contributed by atoms with E-state index < -0.39 is 5.60 Å². The van der Waals surface area contributed by atoms with E-state index in [4.69, 9.17) is 20.8 Å². The Morgan fingerprint density at radius 1 is 1.50 bits per heavy atom. The van der Waals surface area contributed by atoms with Crippen molar-refractivity contribution in [2.24, 2.45) is 0 Å². The third kappa shape index (κ3) is 1.21. The predicted molar refractivity (Wildman–Crippen MR) is 41.8 cm³/mol. The van der Waals surface area contributed by atoms with Crippen molar-refractivity contribution in [3.05, 3.63) is 11.2 Å². The van der Waals surface area contributed by atoms with Crippen LogP contribution in [0, 0.1) is 0 Å². The average molecular weight is 189 g/mol. The Balaban J connectivity index is 2.28. The van der Waals surface area contributed by atoms with Crippen molar-refractivity contribution in [3.63, 3.8) is 0 Å². The van der Waals surface area contributed by atoms with Crippen LogP contribution in [0.3, 0.4) is 0 Å². The molecule has 5 heteroatoms. The van der Waals surface area contributed by atoms with Crippen molar-refractivity contribution >= 4 is 11.6 Å². The minimum absolute atomic E-state index is 0.0710. The number of hydrogen-bond acceptors (Lipinski definition) is 4. The summed E-state index contributed by atoms with van der Waals surface area (Å²) in [5, 5.41) is 7.44. The van der Waals surface area contributed by atoms with Gasteiger partial charge in [-0.25, -0.2) is 0 Å². The first-order valence-electron chi connectivity index (χ1n) is 3.84. The lowest BCUT2D eigenvalue weighted by molar-refractivity contribution is -0.00537. The van der Waals surface area contributed by atoms with Crippen molar-refractivity contribution < 1.29 is 9.15 Å². The van der Waals surface area contributed by atoms with Gasteiger partial charge in [-0.05, 0) is 31.4 Å². The first kappa shape index (κ1) is 8.01. The molecule has 1 saturated heterocycles. The van der Waals surface area contributed by atoms with E-state index in [0.29, 0.717) is 5.89 Å². The second-order valence-corrected chi connectivity index (χ2v) is 3.37. The molecule has 0 bridgehead atoms. The van der Waals surface area contributed by atoms with E-state index >= 15 is 0 Å². The van der Waals surface area contributed by atoms with Crippen LogP contribution in [0.1, 0.15) is 25.7 Å². The lowest BCUT2D eigenvalue weighted by Crippen LogP contribution is -2.20. The van der Waals surface area contributed by atoms with E-state index in [2.05, 4.69) is 10.2 Å². The molecule has 1 fully saturated rings. The van der Waals surface area contributed by atoms with Crippen LogP contribution in [-0.2, 0) is 10.3 Å². The highest BCUT2D eigenvalue weighted by atomic mass is 35.5. The highest BCUT2D eigenvalue weighted by molar-refractivity contribution is 6.27. The molecule has 1 aliphatic heterocycles. The lowest BCUT2D eigenvalue weighted by Gasteiger charge is -2.17. The van der Waals surface area contributed by atoms with Crippen LogP contribution in [0.5, 0.6) is 0 Å². The smallest absolute Gasteiger partial charge is 0.312 e. The first-order valence-corrected chi connectivity index (χ1v) is 4.22. The molecule has 0 aliphatic carbocycles. The predicted octanol–water partition coefficient (Wildman–Crippen LogP) is 1.75. The number of hydrogen-bond donors (Lipinski definition) is 0. The minimum Gasteiger partial charge on any atom is -0.409 e. The van der Waals surface area contributed by atoms with E-state index in [1.165, 1.54) is 0 Å². The zero-order chi connectivity index (χ0) is 8.60. The fourth-order valence-electron chi connectivity index (χ4n) is 1.37. The van der Waals surface area contributed by atoms with Gasteiger partial charge < -0.3 is 9.15 Å². The molecule has 0 radical (unpaired) electrons. The zero-order valence-corrected chi connectivity index (χ0v) is 7.47. The summed E-state index contributed by atoms with van der Waals surface area (Å²) >= 11 is 5.50. The summed E-state index contributed by atoms with van der Waals surface area (Å²) in [7, 11) is 0. The van der Waals surface area contributed by atoms with E-state index in [9.17, 15) is 0 Å². The molecule has 1 aliphatic rings. The molecule has 12 heavy (non-hydrogen) atoms. The molecule has 0 spiro atoms. The Kier molecular flexibility index (Phi) is 1.81. The number of halogens is 1. The van der Waals surface area contributed by atoms with Crippen molar-refractivity contribution in [2.75, 3.05) is 6.61 Å². The van der Waals surface area contributed by atoms with Crippen LogP contribution < -0.4 is 0 Å². The standard InChI is InChI=1S/C7H9ClN2O2/c1-7(3-2-4-11-7)5-9-10-6(8)12-5/h2-4H2,1H3. The van der Waals surface area contributed by atoms with Crippen LogP contribution in [0.15, 0.2) is 4.42 Å². The van der Waals surface area contributed by atoms with Crippen molar-refractivity contribution in [2.45, 2.75) is 25.4 Å². The van der Waals surface area contributed by atoms with Gasteiger partial charge in [0.05, 0.1) is 0 Å². The molecule has 2 rings (SSSR count). The van der Waals surface area contributed by atoms with Crippen LogP contribution >= 0.6 is 11.6 Å². The van der Waals surface area contributed by atoms with Crippen LogP contribution in [0.4, 0.5) is 0 Å². The van der Waals surface area contributed by atoms with E-state index in [0.717, 1.165) is 19.4 Å². The monoisotopic (exact) mass is 188 g/mol. The molecule has 66 valence electrons. The Morgan fingerprint density at radius 2 is 2.33 bits per heavy atom. The van der Waals surface area contributed by atoms with Gasteiger partial charge in [-0.2, -0.15) is 0 Å². The maximum Gasteiger partial charge on any atom is 0.312 e. The number of nitrogens with zero attached hydrogens (tertiary/aromatic N) is 2. The Morgan fingerprint density at radius 3 is 2.83 bits per heavy atom. The van der Waals surface area contributed by atoms with Crippen LogP contribution in [0.2, 0.25) is 5.35 Å². The fraction of sp³-hybridized carbons (Fsp3) is 0.714. The second kappa shape index (κ2) is 2.71. The second-order valence-electron chi connectivity index (χ2n) is 3.04. The summed E-state index contributed by atoms with van der Waals surface area (Å²) < 4.78 is 10.6. The summed E-state index contributed by atoms with van der Waals surface area (Å²) in [6.07, 6.45) is 1.93. The molecule has 4 nitrogen and oxygen atoms in total. The molecule has 2 heterocycles. The van der Waals surface area contributed by atoms with E-state index in [-0.39, 0.29) is 5.35 Å². The van der Waals surface area contributed by atoms with Gasteiger partial charge in [0.15, 0.2) is 0 Å². The molecular formula is C7H9ClN2O2. The molecule has 0 saturated carbocycles. The third-order valence-electron chi connectivity index (χ3n) is 2.07. The van der Waals surface area contributed by atoms with Crippen molar-refractivity contribution in [1.82, 2.24) is 10.2 Å². The van der Waals surface area contributed by atoms with Gasteiger partial charge >= 0.3 is 5.35 Å². The minimum atomic E-state index is -0.417. The third-order valence-corrected chi connectivity index (χ3v) is 2.22. The molecule has 1 atom stereocenters. The summed E-state index contributed by atoms with van der Waals surface area (Å²) in [5.74, 6) is 0.477. The highest BCUT2D eigenvalue weighted by Gasteiger charge is 2.37. The molecule has 1 aromatic heterocycles. The first-order chi connectivity index (χ1) is 5.71. The van der Waals surface area contributed by atoms with Crippen molar-refractivity contribution in [3.8, 4) is 0 Å². The summed E-state index contributed by atoms with van der Waals surface area (Å²) in [4.78, 5) is 0. The molecule has 0 aromatic carbocycles. The summed E-state index contributed by atoms with van der Waals surface area (Å²) in [6.45, 7) is 2.68. The molecular weight excluding hydrogens is 180 g/mol. The Bertz CT molecular complexity index is 281. The topological polar surface area (TPSA) is 48.2 Å². The van der Waals surface area contributed by atoms with Crippen LogP contribution in [-0.4, -0.2) is 16.8 Å². The van der Waals surface area contributed by atoms with Gasteiger partial charge in [0.25, 0.3) is 0 Å². The van der Waals surface area contributed by atoms with E-state index in [1.807, 2.05) is 6.92 Å². The van der Waals surface area contributed by atoms with Gasteiger partial charge in [-0.3, -0.25) is 0 Å². The lowest BCUT2D eigenvalue weighted by atomic mass is 10.0. The van der Waals surface area contributed by atoms with Gasteiger partial charge in [-0.15, -0.1) is 5.10 Å². The van der Waals surface area contributed by atoms with Gasteiger partial charge in [0.1, 0.15) is 5.60 Å². The highest BCUT2D eigenvalue weighted by Crippen LogP contribution is 2.34. The zero-order valence-electron chi connectivity index (χ0n) is 6.71. The molecule has 1 aromatic rings. The quantitative estimate of drug-likeness (QED) is 0.674. The SMILES string of the molecule is CC1(c2nnc(Cl)o2)CCCO1. The van der Waals surface area contributed by atoms with Gasteiger partial charge in [-0.1, -0.05) is 5.10 Å². The summed E-state index contributed by atoms with van der Waals surface area (Å²) in [5.41, 5.74) is -0.417. The molecule has 1 unspecified atom stereocenters. The average Bonchev–Trinajstić information content (AvgIpc) is 2.59. The largest absolute Gasteiger partial charge is 0.409 e. The van der Waals surface area contributed by atoms with Gasteiger partial charge in [0, 0.05) is 6.61 Å². The number of aromatic nitrogens is 2. The van der Waals surface area contributed by atoms with Crippen molar-refractivity contribution in [1.29, 1.82) is 0 Å². The van der Waals surface area contributed by atoms with E-state index in [1.54, 1.807) is 0 Å².